The summed E-state index contributed by atoms with van der Waals surface area (Å²) in [7, 11) is -4.15. The predicted molar refractivity (Wildman–Crippen MR) is 181 cm³/mol. The van der Waals surface area contributed by atoms with Gasteiger partial charge in [0.1, 0.15) is 11.2 Å². The predicted octanol–water partition coefficient (Wildman–Crippen LogP) is 4.41. The number of rotatable bonds is 9. The Morgan fingerprint density at radius 3 is 2.11 bits per heavy atom. The van der Waals surface area contributed by atoms with Crippen LogP contribution in [0.1, 0.15) is 39.5 Å². The Kier molecular flexibility index (Phi) is 10.4. The first kappa shape index (κ1) is 33.4. The molecule has 12 heteroatoms. The number of aromatic nitrogens is 1. The largest absolute Gasteiger partial charge is 0.612 e. The number of likely N-dealkylation sites (tertiary alicyclic amines) is 1. The van der Waals surface area contributed by atoms with Crippen LogP contribution in [-0.2, 0) is 21.0 Å². The number of benzene rings is 2. The minimum Gasteiger partial charge on any atom is -0.612 e. The number of fused-ring (bicyclic) bond motifs is 1. The van der Waals surface area contributed by atoms with Gasteiger partial charge in [-0.2, -0.15) is 0 Å². The molecule has 1 unspecified atom stereocenters. The molecule has 2 aromatic carbocycles. The average molecular weight is 672 g/mol. The van der Waals surface area contributed by atoms with E-state index in [1.165, 1.54) is 44.3 Å². The van der Waals surface area contributed by atoms with E-state index >= 15 is 0 Å². The molecule has 0 bridgehead atoms. The fraction of sp³-hybridized carbons (Fsp3) is 0.559. The number of halogens is 1. The van der Waals surface area contributed by atoms with E-state index in [0.29, 0.717) is 46.7 Å². The summed E-state index contributed by atoms with van der Waals surface area (Å²) in [5.74, 6) is -0.715. The maximum absolute atomic E-state index is 14.9. The molecule has 0 spiro atoms. The minimum absolute atomic E-state index is 0.0122. The summed E-state index contributed by atoms with van der Waals surface area (Å²) in [6, 6.07) is 10.2. The second kappa shape index (κ2) is 14.3. The van der Waals surface area contributed by atoms with Crippen molar-refractivity contribution < 1.29 is 22.1 Å². The fourth-order valence-corrected chi connectivity index (χ4v) is 9.40. The molecule has 250 valence electrons. The van der Waals surface area contributed by atoms with E-state index < -0.39 is 26.8 Å². The highest BCUT2D eigenvalue weighted by atomic mass is 32.2. The normalized spacial score (nSPS) is 20.8. The second-order valence-corrected chi connectivity index (χ2v) is 15.9. The molecule has 3 fully saturated rings. The number of hydrogen-bond acceptors (Lipinski definition) is 9. The highest BCUT2D eigenvalue weighted by molar-refractivity contribution is 7.91. The van der Waals surface area contributed by atoms with Crippen LogP contribution >= 0.6 is 0 Å². The van der Waals surface area contributed by atoms with Gasteiger partial charge >= 0.3 is 0 Å². The molecule has 3 saturated heterocycles. The number of ether oxygens (including phenoxy) is 1. The first-order valence-corrected chi connectivity index (χ1v) is 19.6. The van der Waals surface area contributed by atoms with E-state index in [9.17, 15) is 17.4 Å². The number of hydrogen-bond donors (Lipinski definition) is 0. The van der Waals surface area contributed by atoms with Gasteiger partial charge < -0.3 is 19.1 Å². The van der Waals surface area contributed by atoms with Gasteiger partial charge in [0.2, 0.25) is 9.84 Å². The van der Waals surface area contributed by atoms with Crippen LogP contribution in [0.15, 0.2) is 57.3 Å². The Bertz CT molecular complexity index is 1620. The van der Waals surface area contributed by atoms with E-state index in [-0.39, 0.29) is 22.1 Å². The molecule has 0 saturated carbocycles. The number of anilines is 1. The van der Waals surface area contributed by atoms with Crippen LogP contribution in [-0.4, -0.2) is 117 Å². The first-order valence-electron chi connectivity index (χ1n) is 16.6. The van der Waals surface area contributed by atoms with Crippen molar-refractivity contribution in [2.75, 3.05) is 76.7 Å². The molecule has 0 amide bonds. The maximum atomic E-state index is 14.9. The van der Waals surface area contributed by atoms with E-state index in [2.05, 4.69) is 31.5 Å². The Morgan fingerprint density at radius 2 is 1.54 bits per heavy atom. The van der Waals surface area contributed by atoms with Crippen molar-refractivity contribution in [2.45, 2.75) is 66.3 Å². The zero-order valence-electron chi connectivity index (χ0n) is 27.2. The van der Waals surface area contributed by atoms with Crippen LogP contribution in [0.2, 0.25) is 0 Å². The lowest BCUT2D eigenvalue weighted by Crippen LogP contribution is -2.56. The third-order valence-electron chi connectivity index (χ3n) is 10.1. The molecule has 1 atom stereocenters. The van der Waals surface area contributed by atoms with Gasteiger partial charge in [0.05, 0.1) is 22.7 Å². The summed E-state index contributed by atoms with van der Waals surface area (Å²) in [6.07, 6.45) is 7.34. The molecule has 0 radical (unpaired) electrons. The zero-order valence-corrected chi connectivity index (χ0v) is 28.8. The number of nitrogens with zero attached hydrogens (tertiary/aromatic N) is 5. The molecule has 3 aromatic rings. The van der Waals surface area contributed by atoms with Gasteiger partial charge in [-0.1, -0.05) is 6.92 Å². The topological polar surface area (TPSA) is 92.3 Å². The first-order chi connectivity index (χ1) is 22.2. The summed E-state index contributed by atoms with van der Waals surface area (Å²) in [5.41, 5.74) is 1.18. The summed E-state index contributed by atoms with van der Waals surface area (Å²) in [5, 5.41) is 0.640. The van der Waals surface area contributed by atoms with Crippen LogP contribution in [0.4, 0.5) is 10.1 Å². The lowest BCUT2D eigenvalue weighted by atomic mass is 9.99. The van der Waals surface area contributed by atoms with Crippen LogP contribution < -0.4 is 9.64 Å². The Morgan fingerprint density at radius 1 is 0.913 bits per heavy atom. The highest BCUT2D eigenvalue weighted by Gasteiger charge is 2.34. The van der Waals surface area contributed by atoms with E-state index in [1.54, 1.807) is 31.4 Å². The van der Waals surface area contributed by atoms with Gasteiger partial charge in [-0.15, -0.1) is 0 Å². The minimum atomic E-state index is -4.15. The molecule has 9 nitrogen and oxygen atoms in total. The maximum Gasteiger partial charge on any atom is 0.210 e. The summed E-state index contributed by atoms with van der Waals surface area (Å²) in [6.45, 7) is 13.5. The van der Waals surface area contributed by atoms with Crippen LogP contribution in [0, 0.1) is 5.82 Å². The molecule has 0 N–H and O–H groups in total. The SMILES string of the molecule is CCOc1ccc(S(=O)(=O)c2cnc3ccc([S+](C)[O-])cc3c2N2CCC(N3CCN(C4CCN(CC)CC4)CC3)CC2)cc1F. The summed E-state index contributed by atoms with van der Waals surface area (Å²) in [4.78, 5) is 15.0. The van der Waals surface area contributed by atoms with Crippen molar-refractivity contribution in [2.24, 2.45) is 0 Å². The molecule has 3 aliphatic rings. The van der Waals surface area contributed by atoms with Crippen molar-refractivity contribution in [1.29, 1.82) is 0 Å². The second-order valence-electron chi connectivity index (χ2n) is 12.6. The molecule has 1 aromatic heterocycles. The fourth-order valence-electron chi connectivity index (χ4n) is 7.41. The van der Waals surface area contributed by atoms with Crippen LogP contribution in [0.5, 0.6) is 5.75 Å². The van der Waals surface area contributed by atoms with Crippen LogP contribution in [0.3, 0.4) is 0 Å². The van der Waals surface area contributed by atoms with Crippen molar-refractivity contribution >= 4 is 37.6 Å². The molecule has 4 heterocycles. The molecule has 6 rings (SSSR count). The van der Waals surface area contributed by atoms with Crippen molar-refractivity contribution in [1.82, 2.24) is 19.7 Å². The Hall–Kier alpha value is -2.48. The average Bonchev–Trinajstić information content (AvgIpc) is 3.08. The molecule has 0 aliphatic carbocycles. The quantitative estimate of drug-likeness (QED) is 0.307. The molecule has 46 heavy (non-hydrogen) atoms. The van der Waals surface area contributed by atoms with Crippen molar-refractivity contribution in [3.8, 4) is 5.75 Å². The van der Waals surface area contributed by atoms with Gasteiger partial charge in [-0.05, 0) is 93.7 Å². The Labute approximate surface area is 275 Å². The van der Waals surface area contributed by atoms with Gasteiger partial charge in [-0.3, -0.25) is 14.8 Å². The number of pyridine rings is 1. The summed E-state index contributed by atoms with van der Waals surface area (Å²) < 4.78 is 60.9. The van der Waals surface area contributed by atoms with E-state index in [4.69, 9.17) is 4.74 Å². The third kappa shape index (κ3) is 6.88. The lowest BCUT2D eigenvalue weighted by Gasteiger charge is -2.46. The molecule has 3 aliphatic heterocycles. The lowest BCUT2D eigenvalue weighted by molar-refractivity contribution is 0.0384. The monoisotopic (exact) mass is 671 g/mol. The zero-order chi connectivity index (χ0) is 32.4. The van der Waals surface area contributed by atoms with Gasteiger partial charge in [-0.25, -0.2) is 12.8 Å². The third-order valence-corrected chi connectivity index (χ3v) is 12.7. The molecular weight excluding hydrogens is 626 g/mol. The van der Waals surface area contributed by atoms with Crippen LogP contribution in [0.25, 0.3) is 10.9 Å². The highest BCUT2D eigenvalue weighted by Crippen LogP contribution is 2.39. The summed E-state index contributed by atoms with van der Waals surface area (Å²) >= 11 is -1.26. The molecular formula is C34H46FN5O4S2. The number of piperidine rings is 2. The standard InChI is InChI=1S/C34H46FN5O4S2/c1-4-37-14-10-25(11-15-37)38-18-20-39(21-19-38)26-12-16-40(17-13-26)34-29-22-27(45(3)41)6-8-31(29)36-24-33(34)46(42,43)28-7-9-32(44-5-2)30(35)23-28/h6-9,22-26H,4-5,10-21H2,1-3H3. The van der Waals surface area contributed by atoms with Crippen molar-refractivity contribution in [3.63, 3.8) is 0 Å². The number of sulfone groups is 1. The van der Waals surface area contributed by atoms with Crippen molar-refractivity contribution in [3.05, 3.63) is 48.4 Å². The Balaban J connectivity index is 1.23. The van der Waals surface area contributed by atoms with Gasteiger partial charge in [0.25, 0.3) is 0 Å². The van der Waals surface area contributed by atoms with Gasteiger partial charge in [0, 0.05) is 69.0 Å². The van der Waals surface area contributed by atoms with E-state index in [1.807, 2.05) is 0 Å². The number of piperazine rings is 1. The van der Waals surface area contributed by atoms with E-state index in [0.717, 1.165) is 51.6 Å². The van der Waals surface area contributed by atoms with Gasteiger partial charge in [0.15, 0.2) is 16.5 Å². The smallest absolute Gasteiger partial charge is 0.210 e.